The normalized spacial score (nSPS) is 11.1. The number of nitrogens with zero attached hydrogens (tertiary/aromatic N) is 2. The van der Waals surface area contributed by atoms with E-state index in [1.54, 1.807) is 30.3 Å². The number of rotatable bonds is 5. The van der Waals surface area contributed by atoms with Gasteiger partial charge in [0.25, 0.3) is 5.69 Å². The van der Waals surface area contributed by atoms with Gasteiger partial charge in [-0.05, 0) is 30.2 Å². The van der Waals surface area contributed by atoms with Crippen molar-refractivity contribution in [3.05, 3.63) is 56.7 Å². The Morgan fingerprint density at radius 1 is 1.13 bits per heavy atom. The Morgan fingerprint density at radius 2 is 1.74 bits per heavy atom. The van der Waals surface area contributed by atoms with E-state index < -0.39 is 0 Å². The molecule has 0 saturated carbocycles. The van der Waals surface area contributed by atoms with Crippen LogP contribution in [0.15, 0.2) is 30.3 Å². The van der Waals surface area contributed by atoms with Crippen LogP contribution in [-0.4, -0.2) is 9.91 Å². The molecule has 0 N–H and O–H groups in total. The molecule has 6 heteroatoms. The van der Waals surface area contributed by atoms with Crippen molar-refractivity contribution in [3.8, 4) is 11.6 Å². The molecule has 1 aromatic carbocycles. The van der Waals surface area contributed by atoms with Crippen LogP contribution in [0.3, 0.4) is 0 Å². The molecule has 0 aliphatic rings. The highest BCUT2D eigenvalue weighted by molar-refractivity contribution is 6.30. The van der Waals surface area contributed by atoms with E-state index in [1.807, 2.05) is 27.7 Å². The van der Waals surface area contributed by atoms with Gasteiger partial charge in [0, 0.05) is 22.6 Å². The maximum Gasteiger partial charge on any atom is 0.294 e. The van der Waals surface area contributed by atoms with Gasteiger partial charge >= 0.3 is 0 Å². The second-order valence-corrected chi connectivity index (χ2v) is 6.34. The lowest BCUT2D eigenvalue weighted by Crippen LogP contribution is -2.07. The standard InChI is InChI=1S/C17H19ClN2O3/c1-10(2)14-9-15(23-13-7-5-12(18)6-8-13)19-16(11(3)4)17(14)20(21)22/h5-11H,1-4H3. The van der Waals surface area contributed by atoms with Crippen LogP contribution in [0.5, 0.6) is 11.6 Å². The Hall–Kier alpha value is -2.14. The van der Waals surface area contributed by atoms with Crippen molar-refractivity contribution in [1.82, 2.24) is 4.98 Å². The zero-order chi connectivity index (χ0) is 17.1. The third kappa shape index (κ3) is 3.99. The molecule has 0 saturated heterocycles. The quantitative estimate of drug-likeness (QED) is 0.521. The summed E-state index contributed by atoms with van der Waals surface area (Å²) in [5, 5.41) is 12.1. The molecule has 0 fully saturated rings. The van der Waals surface area contributed by atoms with Crippen molar-refractivity contribution in [2.45, 2.75) is 39.5 Å². The minimum absolute atomic E-state index is 0.0107. The fourth-order valence-corrected chi connectivity index (χ4v) is 2.40. The van der Waals surface area contributed by atoms with Gasteiger partial charge in [0.05, 0.1) is 4.92 Å². The van der Waals surface area contributed by atoms with Crippen LogP contribution in [0.4, 0.5) is 5.69 Å². The number of aromatic nitrogens is 1. The summed E-state index contributed by atoms with van der Waals surface area (Å²) in [6.45, 7) is 7.59. The summed E-state index contributed by atoms with van der Waals surface area (Å²) in [6, 6.07) is 8.54. The molecule has 0 unspecified atom stereocenters. The molecular formula is C17H19ClN2O3. The molecule has 0 atom stereocenters. The summed E-state index contributed by atoms with van der Waals surface area (Å²) in [7, 11) is 0. The van der Waals surface area contributed by atoms with E-state index in [9.17, 15) is 10.1 Å². The summed E-state index contributed by atoms with van der Waals surface area (Å²) < 4.78 is 5.76. The monoisotopic (exact) mass is 334 g/mol. The number of pyridine rings is 1. The van der Waals surface area contributed by atoms with Crippen LogP contribution in [0.1, 0.15) is 50.8 Å². The minimum Gasteiger partial charge on any atom is -0.439 e. The first-order chi connectivity index (χ1) is 10.8. The molecule has 2 aromatic rings. The molecule has 2 rings (SSSR count). The van der Waals surface area contributed by atoms with Gasteiger partial charge in [-0.25, -0.2) is 4.98 Å². The molecule has 0 spiro atoms. The van der Waals surface area contributed by atoms with Crippen molar-refractivity contribution >= 4 is 17.3 Å². The second kappa shape index (κ2) is 6.96. The first kappa shape index (κ1) is 17.2. The Balaban J connectivity index is 2.52. The molecule has 0 bridgehead atoms. The van der Waals surface area contributed by atoms with Crippen LogP contribution >= 0.6 is 11.6 Å². The third-order valence-electron chi connectivity index (χ3n) is 3.41. The van der Waals surface area contributed by atoms with Crippen molar-refractivity contribution in [2.24, 2.45) is 0 Å². The Labute approximate surface area is 140 Å². The van der Waals surface area contributed by atoms with E-state index in [0.29, 0.717) is 27.9 Å². The lowest BCUT2D eigenvalue weighted by molar-refractivity contribution is -0.386. The fraction of sp³-hybridized carbons (Fsp3) is 0.353. The Bertz CT molecular complexity index is 683. The van der Waals surface area contributed by atoms with E-state index >= 15 is 0 Å². The van der Waals surface area contributed by atoms with Gasteiger partial charge in [0.15, 0.2) is 0 Å². The first-order valence-corrected chi connectivity index (χ1v) is 7.80. The Morgan fingerprint density at radius 3 is 2.22 bits per heavy atom. The number of ether oxygens (including phenoxy) is 1. The molecule has 0 aliphatic heterocycles. The largest absolute Gasteiger partial charge is 0.439 e. The van der Waals surface area contributed by atoms with Crippen LogP contribution in [0, 0.1) is 10.1 Å². The topological polar surface area (TPSA) is 65.3 Å². The van der Waals surface area contributed by atoms with Crippen molar-refractivity contribution in [1.29, 1.82) is 0 Å². The summed E-state index contributed by atoms with van der Waals surface area (Å²) in [4.78, 5) is 15.5. The lowest BCUT2D eigenvalue weighted by Gasteiger charge is -2.15. The smallest absolute Gasteiger partial charge is 0.294 e. The average Bonchev–Trinajstić information content (AvgIpc) is 2.48. The average molecular weight is 335 g/mol. The second-order valence-electron chi connectivity index (χ2n) is 5.91. The van der Waals surface area contributed by atoms with Gasteiger partial charge in [-0.2, -0.15) is 0 Å². The summed E-state index contributed by atoms with van der Waals surface area (Å²) in [5.74, 6) is 0.843. The summed E-state index contributed by atoms with van der Waals surface area (Å²) in [5.41, 5.74) is 1.14. The fourth-order valence-electron chi connectivity index (χ4n) is 2.27. The van der Waals surface area contributed by atoms with Gasteiger partial charge in [-0.1, -0.05) is 39.3 Å². The predicted octanol–water partition coefficient (Wildman–Crippen LogP) is 5.68. The molecule has 1 aromatic heterocycles. The lowest BCUT2D eigenvalue weighted by atomic mass is 9.97. The van der Waals surface area contributed by atoms with Crippen LogP contribution < -0.4 is 4.74 Å². The maximum absolute atomic E-state index is 11.5. The highest BCUT2D eigenvalue weighted by Gasteiger charge is 2.26. The predicted molar refractivity (Wildman–Crippen MR) is 90.6 cm³/mol. The molecule has 0 amide bonds. The summed E-state index contributed by atoms with van der Waals surface area (Å²) in [6.07, 6.45) is 0. The van der Waals surface area contributed by atoms with Crippen LogP contribution in [-0.2, 0) is 0 Å². The number of halogens is 1. The van der Waals surface area contributed by atoms with Gasteiger partial charge in [0.1, 0.15) is 11.4 Å². The number of hydrogen-bond acceptors (Lipinski definition) is 4. The number of benzene rings is 1. The highest BCUT2D eigenvalue weighted by atomic mass is 35.5. The molecular weight excluding hydrogens is 316 g/mol. The molecule has 5 nitrogen and oxygen atoms in total. The van der Waals surface area contributed by atoms with E-state index in [-0.39, 0.29) is 22.4 Å². The molecule has 0 aliphatic carbocycles. The maximum atomic E-state index is 11.5. The van der Waals surface area contributed by atoms with Gasteiger partial charge in [0.2, 0.25) is 5.88 Å². The Kier molecular flexibility index (Phi) is 5.21. The van der Waals surface area contributed by atoms with Crippen LogP contribution in [0.25, 0.3) is 0 Å². The zero-order valence-electron chi connectivity index (χ0n) is 13.5. The van der Waals surface area contributed by atoms with E-state index in [1.165, 1.54) is 0 Å². The van der Waals surface area contributed by atoms with Gasteiger partial charge in [-0.15, -0.1) is 0 Å². The SMILES string of the molecule is CC(C)c1cc(Oc2ccc(Cl)cc2)nc(C(C)C)c1[N+](=O)[O-]. The molecule has 122 valence electrons. The van der Waals surface area contributed by atoms with Gasteiger partial charge < -0.3 is 4.74 Å². The number of nitro groups is 1. The number of hydrogen-bond donors (Lipinski definition) is 0. The van der Waals surface area contributed by atoms with Crippen molar-refractivity contribution in [2.75, 3.05) is 0 Å². The van der Waals surface area contributed by atoms with E-state index in [0.717, 1.165) is 0 Å². The van der Waals surface area contributed by atoms with Gasteiger partial charge in [-0.3, -0.25) is 10.1 Å². The van der Waals surface area contributed by atoms with Crippen LogP contribution in [0.2, 0.25) is 5.02 Å². The van der Waals surface area contributed by atoms with E-state index in [4.69, 9.17) is 16.3 Å². The third-order valence-corrected chi connectivity index (χ3v) is 3.67. The molecule has 1 heterocycles. The summed E-state index contributed by atoms with van der Waals surface area (Å²) >= 11 is 5.86. The van der Waals surface area contributed by atoms with Crippen molar-refractivity contribution < 1.29 is 9.66 Å². The highest BCUT2D eigenvalue weighted by Crippen LogP contribution is 2.36. The minimum atomic E-state index is -0.357. The van der Waals surface area contributed by atoms with E-state index in [2.05, 4.69) is 4.98 Å². The molecule has 23 heavy (non-hydrogen) atoms. The van der Waals surface area contributed by atoms with Crippen molar-refractivity contribution in [3.63, 3.8) is 0 Å². The molecule has 0 radical (unpaired) electrons. The first-order valence-electron chi connectivity index (χ1n) is 7.42. The zero-order valence-corrected chi connectivity index (χ0v) is 14.3.